The largest absolute Gasteiger partial charge is 0.342 e. The van der Waals surface area contributed by atoms with Crippen LogP contribution in [0.25, 0.3) is 0 Å². The maximum atomic E-state index is 12.6. The van der Waals surface area contributed by atoms with Crippen molar-refractivity contribution < 1.29 is 14.4 Å². The van der Waals surface area contributed by atoms with E-state index in [4.69, 9.17) is 0 Å². The van der Waals surface area contributed by atoms with Gasteiger partial charge in [0.2, 0.25) is 11.8 Å². The molecular weight excluding hydrogens is 328 g/mol. The molecule has 2 amide bonds. The van der Waals surface area contributed by atoms with Crippen molar-refractivity contribution in [2.75, 3.05) is 5.32 Å². The predicted octanol–water partition coefficient (Wildman–Crippen LogP) is 3.40. The molecule has 1 aliphatic heterocycles. The molecule has 1 heterocycles. The standard InChI is InChI=1S/C21H28N2O3/c1-13(2)21(3)18(24)17(20(26)23-21)19(25)22-16-11-9-15(10-12-16)14-7-5-4-6-8-14/h9-14,17H,4-8H2,1-3H3,(H,22,25)(H,23,26)/t17?,21-/m1/s1. The Balaban J connectivity index is 1.68. The van der Waals surface area contributed by atoms with Gasteiger partial charge in [-0.15, -0.1) is 0 Å². The molecule has 0 spiro atoms. The van der Waals surface area contributed by atoms with Crippen LogP contribution in [-0.4, -0.2) is 23.1 Å². The van der Waals surface area contributed by atoms with Gasteiger partial charge in [-0.1, -0.05) is 45.2 Å². The lowest BCUT2D eigenvalue weighted by atomic mass is 9.83. The summed E-state index contributed by atoms with van der Waals surface area (Å²) in [7, 11) is 0. The van der Waals surface area contributed by atoms with E-state index in [0.717, 1.165) is 0 Å². The van der Waals surface area contributed by atoms with E-state index in [9.17, 15) is 14.4 Å². The maximum Gasteiger partial charge on any atom is 0.244 e. The van der Waals surface area contributed by atoms with Crippen molar-refractivity contribution >= 4 is 23.3 Å². The second-order valence-corrected chi connectivity index (χ2v) is 8.09. The van der Waals surface area contributed by atoms with Crippen molar-refractivity contribution in [1.82, 2.24) is 5.32 Å². The summed E-state index contributed by atoms with van der Waals surface area (Å²) in [6, 6.07) is 7.81. The molecule has 2 N–H and O–H groups in total. The lowest BCUT2D eigenvalue weighted by Crippen LogP contribution is -2.48. The van der Waals surface area contributed by atoms with Gasteiger partial charge in [0.1, 0.15) is 0 Å². The van der Waals surface area contributed by atoms with E-state index >= 15 is 0 Å². The van der Waals surface area contributed by atoms with Gasteiger partial charge in [0.15, 0.2) is 11.7 Å². The molecule has 1 unspecified atom stereocenters. The summed E-state index contributed by atoms with van der Waals surface area (Å²) in [5.74, 6) is -2.17. The zero-order valence-electron chi connectivity index (χ0n) is 15.8. The Morgan fingerprint density at radius 3 is 2.27 bits per heavy atom. The minimum Gasteiger partial charge on any atom is -0.342 e. The Morgan fingerprint density at radius 2 is 1.73 bits per heavy atom. The molecule has 1 aromatic carbocycles. The highest BCUT2D eigenvalue weighted by molar-refractivity contribution is 6.27. The highest BCUT2D eigenvalue weighted by Gasteiger charge is 2.54. The van der Waals surface area contributed by atoms with Crippen LogP contribution in [0, 0.1) is 11.8 Å². The Labute approximate surface area is 154 Å². The number of carbonyl (C=O) groups excluding carboxylic acids is 3. The number of carbonyl (C=O) groups is 3. The van der Waals surface area contributed by atoms with Crippen LogP contribution >= 0.6 is 0 Å². The van der Waals surface area contributed by atoms with E-state index in [1.165, 1.54) is 37.7 Å². The summed E-state index contributed by atoms with van der Waals surface area (Å²) in [4.78, 5) is 37.4. The molecule has 140 valence electrons. The maximum absolute atomic E-state index is 12.6. The Bertz CT molecular complexity index is 704. The average molecular weight is 356 g/mol. The monoisotopic (exact) mass is 356 g/mol. The highest BCUT2D eigenvalue weighted by atomic mass is 16.2. The molecule has 5 nitrogen and oxygen atoms in total. The molecule has 26 heavy (non-hydrogen) atoms. The molecule has 2 aliphatic rings. The fraction of sp³-hybridized carbons (Fsp3) is 0.571. The SMILES string of the molecule is CC(C)[C@@]1(C)NC(=O)C(C(=O)Nc2ccc(C3CCCCC3)cc2)C1=O. The molecule has 0 aromatic heterocycles. The van der Waals surface area contributed by atoms with Crippen LogP contribution in [0.15, 0.2) is 24.3 Å². The fourth-order valence-corrected chi connectivity index (χ4v) is 3.96. The van der Waals surface area contributed by atoms with E-state index in [0.29, 0.717) is 11.6 Å². The van der Waals surface area contributed by atoms with Crippen LogP contribution in [0.1, 0.15) is 64.4 Å². The van der Waals surface area contributed by atoms with Gasteiger partial charge in [0.05, 0.1) is 5.54 Å². The number of ketones is 1. The summed E-state index contributed by atoms with van der Waals surface area (Å²) in [6.07, 6.45) is 6.30. The van der Waals surface area contributed by atoms with Crippen LogP contribution in [0.5, 0.6) is 0 Å². The van der Waals surface area contributed by atoms with Gasteiger partial charge in [-0.05, 0) is 49.3 Å². The second-order valence-electron chi connectivity index (χ2n) is 8.09. The van der Waals surface area contributed by atoms with Gasteiger partial charge in [-0.3, -0.25) is 14.4 Å². The fourth-order valence-electron chi connectivity index (χ4n) is 3.96. The summed E-state index contributed by atoms with van der Waals surface area (Å²) in [5, 5.41) is 5.43. The molecule has 2 fully saturated rings. The zero-order valence-corrected chi connectivity index (χ0v) is 15.8. The van der Waals surface area contributed by atoms with Crippen LogP contribution in [-0.2, 0) is 14.4 Å². The van der Waals surface area contributed by atoms with E-state index in [1.807, 2.05) is 38.1 Å². The first kappa shape index (κ1) is 18.6. The third-order valence-corrected chi connectivity index (χ3v) is 6.09. The van der Waals surface area contributed by atoms with Gasteiger partial charge in [0, 0.05) is 5.69 Å². The average Bonchev–Trinajstić information content (AvgIpc) is 2.86. The smallest absolute Gasteiger partial charge is 0.244 e. The Morgan fingerprint density at radius 1 is 1.12 bits per heavy atom. The first-order valence-corrected chi connectivity index (χ1v) is 9.60. The number of nitrogens with one attached hydrogen (secondary N) is 2. The number of rotatable bonds is 4. The number of hydrogen-bond donors (Lipinski definition) is 2. The van der Waals surface area contributed by atoms with E-state index in [1.54, 1.807) is 6.92 Å². The summed E-state index contributed by atoms with van der Waals surface area (Å²) >= 11 is 0. The number of amides is 2. The van der Waals surface area contributed by atoms with Crippen LogP contribution in [0.3, 0.4) is 0 Å². The van der Waals surface area contributed by atoms with Crippen LogP contribution < -0.4 is 10.6 Å². The molecule has 1 saturated carbocycles. The Kier molecular flexibility index (Phi) is 5.17. The lowest BCUT2D eigenvalue weighted by molar-refractivity contribution is -0.135. The van der Waals surface area contributed by atoms with Crippen LogP contribution in [0.2, 0.25) is 0 Å². The van der Waals surface area contributed by atoms with Gasteiger partial charge in [-0.2, -0.15) is 0 Å². The summed E-state index contributed by atoms with van der Waals surface area (Å²) in [5.41, 5.74) is 0.933. The molecule has 3 rings (SSSR count). The lowest BCUT2D eigenvalue weighted by Gasteiger charge is -2.26. The van der Waals surface area contributed by atoms with Crippen LogP contribution in [0.4, 0.5) is 5.69 Å². The first-order chi connectivity index (χ1) is 12.3. The topological polar surface area (TPSA) is 75.3 Å². The summed E-state index contributed by atoms with van der Waals surface area (Å²) in [6.45, 7) is 5.41. The molecule has 1 aromatic rings. The highest BCUT2D eigenvalue weighted by Crippen LogP contribution is 2.33. The Hall–Kier alpha value is -2.17. The normalized spacial score (nSPS) is 26.8. The minimum atomic E-state index is -1.28. The first-order valence-electron chi connectivity index (χ1n) is 9.60. The summed E-state index contributed by atoms with van der Waals surface area (Å²) < 4.78 is 0. The van der Waals surface area contributed by atoms with Crippen molar-refractivity contribution in [2.45, 2.75) is 64.3 Å². The van der Waals surface area contributed by atoms with Gasteiger partial charge in [0.25, 0.3) is 0 Å². The zero-order chi connectivity index (χ0) is 18.9. The van der Waals surface area contributed by atoms with Crippen molar-refractivity contribution in [3.05, 3.63) is 29.8 Å². The molecular formula is C21H28N2O3. The van der Waals surface area contributed by atoms with Crippen molar-refractivity contribution in [2.24, 2.45) is 11.8 Å². The molecule has 2 atom stereocenters. The third-order valence-electron chi connectivity index (χ3n) is 6.09. The molecule has 0 bridgehead atoms. The quantitative estimate of drug-likeness (QED) is 0.812. The van der Waals surface area contributed by atoms with E-state index in [-0.39, 0.29) is 11.7 Å². The van der Waals surface area contributed by atoms with Crippen molar-refractivity contribution in [3.8, 4) is 0 Å². The molecule has 1 aliphatic carbocycles. The third kappa shape index (κ3) is 3.39. The van der Waals surface area contributed by atoms with E-state index < -0.39 is 23.3 Å². The van der Waals surface area contributed by atoms with Gasteiger partial charge < -0.3 is 10.6 Å². The van der Waals surface area contributed by atoms with E-state index in [2.05, 4.69) is 10.6 Å². The minimum absolute atomic E-state index is 0.0773. The van der Waals surface area contributed by atoms with Gasteiger partial charge in [-0.25, -0.2) is 0 Å². The van der Waals surface area contributed by atoms with Gasteiger partial charge >= 0.3 is 0 Å². The molecule has 1 saturated heterocycles. The number of benzene rings is 1. The predicted molar refractivity (Wildman–Crippen MR) is 101 cm³/mol. The number of Topliss-reactive ketones (excluding diaryl/α,β-unsaturated/α-hetero) is 1. The van der Waals surface area contributed by atoms with Crippen molar-refractivity contribution in [3.63, 3.8) is 0 Å². The second kappa shape index (κ2) is 7.22. The number of hydrogen-bond acceptors (Lipinski definition) is 3. The molecule has 0 radical (unpaired) electrons. The molecule has 5 heteroatoms. The number of anilines is 1. The van der Waals surface area contributed by atoms with Crippen molar-refractivity contribution in [1.29, 1.82) is 0 Å².